The maximum absolute atomic E-state index is 11.5. The first kappa shape index (κ1) is 16.3. The molecule has 0 radical (unpaired) electrons. The number of nitrogens with one attached hydrogen (secondary N) is 1. The van der Waals surface area contributed by atoms with Gasteiger partial charge in [-0.1, -0.05) is 29.0 Å². The summed E-state index contributed by atoms with van der Waals surface area (Å²) in [6, 6.07) is 6.09. The summed E-state index contributed by atoms with van der Waals surface area (Å²) in [6.45, 7) is 1.85. The van der Waals surface area contributed by atoms with E-state index < -0.39 is 9.84 Å². The molecule has 1 atom stereocenters. The topological polar surface area (TPSA) is 62.3 Å². The van der Waals surface area contributed by atoms with Crippen molar-refractivity contribution in [2.45, 2.75) is 24.9 Å². The van der Waals surface area contributed by atoms with E-state index in [1.54, 1.807) is 17.4 Å². The average molecular weight is 384 g/mol. The minimum Gasteiger partial charge on any atom is -0.348 e. The van der Waals surface area contributed by atoms with Crippen LogP contribution in [0.1, 0.15) is 12.8 Å². The molecule has 1 N–H and O–H groups in total. The Morgan fingerprint density at radius 3 is 2.79 bits per heavy atom. The molecule has 8 heteroatoms. The first-order valence-electron chi connectivity index (χ1n) is 7.97. The van der Waals surface area contributed by atoms with Gasteiger partial charge in [0.25, 0.3) is 0 Å². The highest BCUT2D eigenvalue weighted by atomic mass is 35.5. The number of hydrogen-bond acceptors (Lipinski definition) is 6. The Kier molecular flexibility index (Phi) is 4.28. The molecule has 3 heterocycles. The number of halogens is 1. The van der Waals surface area contributed by atoms with Gasteiger partial charge in [-0.3, -0.25) is 0 Å². The minimum atomic E-state index is -2.99. The van der Waals surface area contributed by atoms with Crippen LogP contribution in [-0.2, 0) is 9.84 Å². The number of rotatable bonds is 3. The van der Waals surface area contributed by atoms with Crippen molar-refractivity contribution in [3.63, 3.8) is 0 Å². The number of piperidine rings is 1. The molecule has 0 saturated carbocycles. The van der Waals surface area contributed by atoms with Gasteiger partial charge in [0.1, 0.15) is 0 Å². The van der Waals surface area contributed by atoms with Gasteiger partial charge in [-0.15, -0.1) is 0 Å². The van der Waals surface area contributed by atoms with Gasteiger partial charge >= 0.3 is 0 Å². The second-order valence-electron chi connectivity index (χ2n) is 6.30. The quantitative estimate of drug-likeness (QED) is 0.883. The van der Waals surface area contributed by atoms with E-state index in [-0.39, 0.29) is 11.8 Å². The summed E-state index contributed by atoms with van der Waals surface area (Å²) in [5.41, 5.74) is 0.987. The first-order chi connectivity index (χ1) is 11.5. The maximum Gasteiger partial charge on any atom is 0.186 e. The molecule has 4 rings (SSSR count). The van der Waals surface area contributed by atoms with Crippen molar-refractivity contribution < 1.29 is 8.42 Å². The van der Waals surface area contributed by atoms with Crippen LogP contribution in [-0.4, -0.2) is 44.3 Å². The highest BCUT2D eigenvalue weighted by Gasteiger charge is 2.27. The van der Waals surface area contributed by atoms with Crippen molar-refractivity contribution >= 4 is 48.1 Å². The molecule has 1 fully saturated rings. The third kappa shape index (κ3) is 3.44. The van der Waals surface area contributed by atoms with E-state index in [0.29, 0.717) is 6.04 Å². The second kappa shape index (κ2) is 6.29. The fourth-order valence-corrected chi connectivity index (χ4v) is 5.78. The van der Waals surface area contributed by atoms with E-state index in [4.69, 9.17) is 16.6 Å². The Morgan fingerprint density at radius 1 is 1.29 bits per heavy atom. The van der Waals surface area contributed by atoms with Crippen molar-refractivity contribution in [2.24, 2.45) is 0 Å². The van der Waals surface area contributed by atoms with Crippen LogP contribution in [0, 0.1) is 0 Å². The SMILES string of the molecule is O=S1(=O)C=CC(NC2CCN(c3nc4ccc(Cl)cc4s3)CC2)C1. The van der Waals surface area contributed by atoms with Gasteiger partial charge in [-0.25, -0.2) is 13.4 Å². The summed E-state index contributed by atoms with van der Waals surface area (Å²) in [7, 11) is -2.99. The van der Waals surface area contributed by atoms with Gasteiger partial charge < -0.3 is 10.2 Å². The molecular formula is C16H18ClN3O2S2. The van der Waals surface area contributed by atoms with Gasteiger partial charge in [0.2, 0.25) is 0 Å². The van der Waals surface area contributed by atoms with Crippen molar-refractivity contribution in [3.05, 3.63) is 34.7 Å². The van der Waals surface area contributed by atoms with Crippen molar-refractivity contribution in [2.75, 3.05) is 23.7 Å². The fraction of sp³-hybridized carbons (Fsp3) is 0.438. The lowest BCUT2D eigenvalue weighted by Gasteiger charge is -2.33. The molecule has 0 spiro atoms. The highest BCUT2D eigenvalue weighted by molar-refractivity contribution is 7.94. The zero-order valence-electron chi connectivity index (χ0n) is 13.0. The van der Waals surface area contributed by atoms with E-state index >= 15 is 0 Å². The van der Waals surface area contributed by atoms with E-state index in [9.17, 15) is 8.42 Å². The van der Waals surface area contributed by atoms with Crippen LogP contribution in [0.4, 0.5) is 5.13 Å². The number of thiazole rings is 1. The summed E-state index contributed by atoms with van der Waals surface area (Å²) >= 11 is 7.71. The first-order valence-corrected chi connectivity index (χ1v) is 10.9. The van der Waals surface area contributed by atoms with Crippen LogP contribution in [0.25, 0.3) is 10.2 Å². The zero-order valence-corrected chi connectivity index (χ0v) is 15.4. The third-order valence-corrected chi connectivity index (χ3v) is 7.19. The van der Waals surface area contributed by atoms with E-state index in [1.807, 2.05) is 18.2 Å². The molecule has 128 valence electrons. The van der Waals surface area contributed by atoms with Gasteiger partial charge in [0.05, 0.1) is 16.0 Å². The van der Waals surface area contributed by atoms with Gasteiger partial charge in [-0.2, -0.15) is 0 Å². The number of benzene rings is 1. The molecule has 1 saturated heterocycles. The summed E-state index contributed by atoms with van der Waals surface area (Å²) in [4.78, 5) is 7.00. The number of hydrogen-bond donors (Lipinski definition) is 1. The molecule has 1 aromatic carbocycles. The van der Waals surface area contributed by atoms with E-state index in [1.165, 1.54) is 5.41 Å². The number of nitrogens with zero attached hydrogens (tertiary/aromatic N) is 2. The Balaban J connectivity index is 1.38. The molecule has 0 bridgehead atoms. The third-order valence-electron chi connectivity index (χ3n) is 4.48. The predicted molar refractivity (Wildman–Crippen MR) is 99.7 cm³/mol. The van der Waals surface area contributed by atoms with Crippen LogP contribution in [0.2, 0.25) is 5.02 Å². The number of anilines is 1. The van der Waals surface area contributed by atoms with Crippen LogP contribution in [0.15, 0.2) is 29.7 Å². The Morgan fingerprint density at radius 2 is 2.08 bits per heavy atom. The lowest BCUT2D eigenvalue weighted by atomic mass is 10.0. The maximum atomic E-state index is 11.5. The van der Waals surface area contributed by atoms with Crippen molar-refractivity contribution in [1.29, 1.82) is 0 Å². The van der Waals surface area contributed by atoms with Crippen molar-refractivity contribution in [1.82, 2.24) is 10.3 Å². The number of sulfone groups is 1. The molecule has 1 unspecified atom stereocenters. The van der Waals surface area contributed by atoms with E-state index in [2.05, 4.69) is 10.2 Å². The van der Waals surface area contributed by atoms with Crippen LogP contribution < -0.4 is 10.2 Å². The normalized spacial score (nSPS) is 24.0. The Labute approximate surface area is 150 Å². The molecule has 5 nitrogen and oxygen atoms in total. The number of aromatic nitrogens is 1. The number of fused-ring (bicyclic) bond motifs is 1. The molecule has 24 heavy (non-hydrogen) atoms. The smallest absolute Gasteiger partial charge is 0.186 e. The lowest BCUT2D eigenvalue weighted by molar-refractivity contribution is 0.401. The molecular weight excluding hydrogens is 366 g/mol. The Bertz CT molecular complexity index is 886. The summed E-state index contributed by atoms with van der Waals surface area (Å²) in [5, 5.41) is 6.55. The van der Waals surface area contributed by atoms with Gasteiger partial charge in [0, 0.05) is 35.6 Å². The predicted octanol–water partition coefficient (Wildman–Crippen LogP) is 2.82. The zero-order chi connectivity index (χ0) is 16.7. The fourth-order valence-electron chi connectivity index (χ4n) is 3.24. The largest absolute Gasteiger partial charge is 0.348 e. The molecule has 0 amide bonds. The summed E-state index contributed by atoms with van der Waals surface area (Å²) in [5.74, 6) is 0.186. The minimum absolute atomic E-state index is 0.0452. The summed E-state index contributed by atoms with van der Waals surface area (Å²) < 4.78 is 24.1. The molecule has 2 aliphatic heterocycles. The van der Waals surface area contributed by atoms with Crippen molar-refractivity contribution in [3.8, 4) is 0 Å². The van der Waals surface area contributed by atoms with Gasteiger partial charge in [0.15, 0.2) is 15.0 Å². The van der Waals surface area contributed by atoms with Crippen LogP contribution >= 0.6 is 22.9 Å². The average Bonchev–Trinajstić information content (AvgIpc) is 3.10. The monoisotopic (exact) mass is 383 g/mol. The Hall–Kier alpha value is -1.15. The van der Waals surface area contributed by atoms with Crippen LogP contribution in [0.3, 0.4) is 0 Å². The highest BCUT2D eigenvalue weighted by Crippen LogP contribution is 2.32. The molecule has 0 aliphatic carbocycles. The molecule has 1 aromatic heterocycles. The van der Waals surface area contributed by atoms with Gasteiger partial charge in [-0.05, 0) is 31.0 Å². The lowest BCUT2D eigenvalue weighted by Crippen LogP contribution is -2.46. The summed E-state index contributed by atoms with van der Waals surface area (Å²) in [6.07, 6.45) is 3.74. The van der Waals surface area contributed by atoms with E-state index in [0.717, 1.165) is 46.3 Å². The second-order valence-corrected chi connectivity index (χ2v) is 9.68. The molecule has 2 aliphatic rings. The van der Waals surface area contributed by atoms with Crippen LogP contribution in [0.5, 0.6) is 0 Å². The standard InChI is InChI=1S/C16H18ClN3O2S2/c17-11-1-2-14-15(9-11)23-16(19-14)20-6-3-12(4-7-20)18-13-5-8-24(21,22)10-13/h1-2,5,8-9,12-13,18H,3-4,6-7,10H2. The molecule has 2 aromatic rings.